The molecule has 0 aliphatic carbocycles. The molecule has 0 radical (unpaired) electrons. The van der Waals surface area contributed by atoms with Crippen molar-refractivity contribution in [2.24, 2.45) is 0 Å². The van der Waals surface area contributed by atoms with Crippen LogP contribution in [0.15, 0.2) is 60.8 Å². The van der Waals surface area contributed by atoms with Crippen molar-refractivity contribution in [3.8, 4) is 0 Å². The molecule has 9 heteroatoms. The van der Waals surface area contributed by atoms with Crippen molar-refractivity contribution in [2.75, 3.05) is 54.1 Å². The second kappa shape index (κ2) is 27.7. The zero-order valence-electron chi connectivity index (χ0n) is 27.6. The number of unbranched alkanes of at least 4 members (excludes halogenated alkanes) is 4. The van der Waals surface area contributed by atoms with Crippen molar-refractivity contribution >= 4 is 13.8 Å². The molecule has 0 N–H and O–H groups in total. The summed E-state index contributed by atoms with van der Waals surface area (Å²) < 4.78 is 33.9. The van der Waals surface area contributed by atoms with E-state index in [1.54, 1.807) is 0 Å². The van der Waals surface area contributed by atoms with E-state index in [0.717, 1.165) is 64.2 Å². The van der Waals surface area contributed by atoms with Crippen molar-refractivity contribution in [2.45, 2.75) is 97.0 Å². The fourth-order valence-corrected chi connectivity index (χ4v) is 4.34. The summed E-state index contributed by atoms with van der Waals surface area (Å²) in [6.45, 7) is 4.92. The van der Waals surface area contributed by atoms with Crippen molar-refractivity contribution in [3.05, 3.63) is 60.8 Å². The molecule has 0 fully saturated rings. The highest BCUT2D eigenvalue weighted by Gasteiger charge is 2.20. The number of nitrogens with zero attached hydrogens (tertiary/aromatic N) is 1. The van der Waals surface area contributed by atoms with Crippen LogP contribution >= 0.6 is 7.82 Å². The summed E-state index contributed by atoms with van der Waals surface area (Å²) in [6, 6.07) is 0. The molecule has 43 heavy (non-hydrogen) atoms. The van der Waals surface area contributed by atoms with Gasteiger partial charge in [-0.25, -0.2) is 0 Å². The Morgan fingerprint density at radius 2 is 1.30 bits per heavy atom. The van der Waals surface area contributed by atoms with Gasteiger partial charge in [-0.05, 0) is 44.9 Å². The predicted octanol–water partition coefficient (Wildman–Crippen LogP) is 7.62. The average molecular weight is 626 g/mol. The number of carbonyl (C=O) groups is 1. The van der Waals surface area contributed by atoms with Gasteiger partial charge in [-0.15, -0.1) is 0 Å². The second-order valence-electron chi connectivity index (χ2n) is 11.4. The molecular weight excluding hydrogens is 565 g/mol. The third kappa shape index (κ3) is 31.4. The van der Waals surface area contributed by atoms with Crippen LogP contribution in [0, 0.1) is 0 Å². The highest BCUT2D eigenvalue weighted by Crippen LogP contribution is 2.38. The van der Waals surface area contributed by atoms with E-state index in [4.69, 9.17) is 18.5 Å². The van der Waals surface area contributed by atoms with Crippen molar-refractivity contribution in [3.63, 3.8) is 0 Å². The molecule has 0 bridgehead atoms. The molecule has 0 aliphatic heterocycles. The molecule has 0 aromatic carbocycles. The number of phosphoric ester groups is 1. The molecule has 0 heterocycles. The van der Waals surface area contributed by atoms with Crippen LogP contribution in [0.2, 0.25) is 0 Å². The van der Waals surface area contributed by atoms with Crippen molar-refractivity contribution in [1.29, 1.82) is 0 Å². The van der Waals surface area contributed by atoms with Crippen molar-refractivity contribution < 1.29 is 37.3 Å². The van der Waals surface area contributed by atoms with E-state index >= 15 is 0 Å². The number of quaternary nitrogens is 1. The van der Waals surface area contributed by atoms with Gasteiger partial charge in [-0.2, -0.15) is 0 Å². The molecule has 8 nitrogen and oxygen atoms in total. The van der Waals surface area contributed by atoms with Crippen LogP contribution in [-0.2, 0) is 27.9 Å². The minimum Gasteiger partial charge on any atom is -0.756 e. The van der Waals surface area contributed by atoms with E-state index in [9.17, 15) is 14.3 Å². The molecular formula is C34H60NO7P. The van der Waals surface area contributed by atoms with Crippen molar-refractivity contribution in [1.82, 2.24) is 0 Å². The maximum atomic E-state index is 12.3. The fourth-order valence-electron chi connectivity index (χ4n) is 3.61. The molecule has 248 valence electrons. The number of hydrogen-bond donors (Lipinski definition) is 0. The number of carbonyl (C=O) groups excluding carboxylic acids is 1. The van der Waals surface area contributed by atoms with E-state index in [1.807, 2.05) is 27.2 Å². The quantitative estimate of drug-likeness (QED) is 0.0290. The van der Waals surface area contributed by atoms with Gasteiger partial charge in [0.05, 0.1) is 41.0 Å². The lowest BCUT2D eigenvalue weighted by atomic mass is 10.1. The first-order valence-electron chi connectivity index (χ1n) is 16.0. The molecule has 0 aromatic heterocycles. The van der Waals surface area contributed by atoms with E-state index in [-0.39, 0.29) is 32.2 Å². The molecule has 0 saturated heterocycles. The maximum Gasteiger partial charge on any atom is 0.306 e. The Morgan fingerprint density at radius 3 is 1.86 bits per heavy atom. The van der Waals surface area contributed by atoms with Gasteiger partial charge in [0.1, 0.15) is 19.3 Å². The number of rotatable bonds is 28. The largest absolute Gasteiger partial charge is 0.756 e. The third-order valence-corrected chi connectivity index (χ3v) is 7.07. The van der Waals surface area contributed by atoms with Gasteiger partial charge in [0, 0.05) is 6.42 Å². The molecule has 0 amide bonds. The molecule has 0 aromatic rings. The van der Waals surface area contributed by atoms with Crippen LogP contribution < -0.4 is 4.89 Å². The first-order valence-corrected chi connectivity index (χ1v) is 17.5. The monoisotopic (exact) mass is 625 g/mol. The Balaban J connectivity index is 4.41. The molecule has 0 spiro atoms. The first kappa shape index (κ1) is 41.2. The molecule has 0 rings (SSSR count). The van der Waals surface area contributed by atoms with Crippen LogP contribution in [-0.4, -0.2) is 70.7 Å². The summed E-state index contributed by atoms with van der Waals surface area (Å²) in [6.07, 6.45) is 31.5. The summed E-state index contributed by atoms with van der Waals surface area (Å²) in [7, 11) is 1.30. The number of esters is 1. The van der Waals surface area contributed by atoms with Crippen LogP contribution in [0.4, 0.5) is 0 Å². The van der Waals surface area contributed by atoms with Crippen LogP contribution in [0.3, 0.4) is 0 Å². The summed E-state index contributed by atoms with van der Waals surface area (Å²) >= 11 is 0. The van der Waals surface area contributed by atoms with Crippen LogP contribution in [0.25, 0.3) is 0 Å². The van der Waals surface area contributed by atoms with Crippen LogP contribution in [0.5, 0.6) is 0 Å². The minimum atomic E-state index is -4.52. The van der Waals surface area contributed by atoms with Gasteiger partial charge in [0.25, 0.3) is 7.82 Å². The molecule has 2 unspecified atom stereocenters. The highest BCUT2D eigenvalue weighted by molar-refractivity contribution is 7.45. The SMILES string of the molecule is CC/C=C\C/C=C\C/C=C\C/C=C\C/C=C\CCOCC(COP(=O)([O-])OCC[N+](C)(C)C)OC(=O)CCCCCCC. The van der Waals surface area contributed by atoms with Gasteiger partial charge in [-0.1, -0.05) is 100 Å². The lowest BCUT2D eigenvalue weighted by Crippen LogP contribution is -2.37. The van der Waals surface area contributed by atoms with Gasteiger partial charge >= 0.3 is 5.97 Å². The van der Waals surface area contributed by atoms with Gasteiger partial charge in [0.15, 0.2) is 0 Å². The Morgan fingerprint density at radius 1 is 0.744 bits per heavy atom. The Bertz CT molecular complexity index is 874. The van der Waals surface area contributed by atoms with Gasteiger partial charge < -0.3 is 27.9 Å². The minimum absolute atomic E-state index is 0.0102. The average Bonchev–Trinajstić information content (AvgIpc) is 2.94. The first-order chi connectivity index (χ1) is 20.6. The van der Waals surface area contributed by atoms with E-state index in [0.29, 0.717) is 24.1 Å². The molecule has 0 aliphatic rings. The Kier molecular flexibility index (Phi) is 26.6. The second-order valence-corrected chi connectivity index (χ2v) is 12.8. The Labute approximate surface area is 262 Å². The topological polar surface area (TPSA) is 94.1 Å². The summed E-state index contributed by atoms with van der Waals surface area (Å²) in [5.74, 6) is -0.377. The third-order valence-electron chi connectivity index (χ3n) is 6.10. The normalized spacial score (nSPS) is 15.0. The maximum absolute atomic E-state index is 12.3. The smallest absolute Gasteiger partial charge is 0.306 e. The van der Waals surface area contributed by atoms with Gasteiger partial charge in [0.2, 0.25) is 0 Å². The summed E-state index contributed by atoms with van der Waals surface area (Å²) in [5.41, 5.74) is 0. The number of ether oxygens (including phenoxy) is 2. The highest BCUT2D eigenvalue weighted by atomic mass is 31.2. The molecule has 2 atom stereocenters. The zero-order chi connectivity index (χ0) is 32.1. The summed E-state index contributed by atoms with van der Waals surface area (Å²) in [4.78, 5) is 24.5. The standard InChI is InChI=1S/C34H60NO7P/c1-6-8-10-12-13-14-15-16-17-18-19-20-21-22-24-26-29-39-31-33(42-34(36)27-25-23-11-9-7-2)32-41-43(37,38)40-30-28-35(3,4)5/h8,10,13-14,16-17,19-20,22,24,33H,6-7,9,11-12,15,18,21,23,25-32H2,1-5H3/b10-8-,14-13-,17-16-,20-19-,24-22-. The number of likely N-dealkylation sites (N-methyl/N-ethyl adjacent to an activating group) is 1. The van der Waals surface area contributed by atoms with E-state index < -0.39 is 13.9 Å². The Hall–Kier alpha value is -1.80. The van der Waals surface area contributed by atoms with Gasteiger partial charge in [-0.3, -0.25) is 9.36 Å². The lowest BCUT2D eigenvalue weighted by Gasteiger charge is -2.28. The number of allylic oxidation sites excluding steroid dienone is 9. The summed E-state index contributed by atoms with van der Waals surface area (Å²) in [5, 5.41) is 0. The zero-order valence-corrected chi connectivity index (χ0v) is 28.5. The lowest BCUT2D eigenvalue weighted by molar-refractivity contribution is -0.870. The van der Waals surface area contributed by atoms with E-state index in [2.05, 4.69) is 68.5 Å². The van der Waals surface area contributed by atoms with E-state index in [1.165, 1.54) is 0 Å². The number of phosphoric acid groups is 1. The molecule has 0 saturated carbocycles. The van der Waals surface area contributed by atoms with Crippen LogP contribution in [0.1, 0.15) is 90.9 Å². The number of hydrogen-bond acceptors (Lipinski definition) is 7. The predicted molar refractivity (Wildman–Crippen MR) is 176 cm³/mol. The fraction of sp³-hybridized carbons (Fsp3) is 0.676.